The maximum Gasteiger partial charge on any atom is 0.222 e. The van der Waals surface area contributed by atoms with Crippen molar-refractivity contribution in [2.24, 2.45) is 5.73 Å². The molecule has 116 valence electrons. The van der Waals surface area contributed by atoms with Crippen molar-refractivity contribution in [3.63, 3.8) is 0 Å². The van der Waals surface area contributed by atoms with Crippen molar-refractivity contribution in [1.82, 2.24) is 9.97 Å². The molecule has 0 bridgehead atoms. The van der Waals surface area contributed by atoms with Gasteiger partial charge in [-0.05, 0) is 30.9 Å². The number of anilines is 2. The van der Waals surface area contributed by atoms with E-state index in [9.17, 15) is 0 Å². The van der Waals surface area contributed by atoms with E-state index in [1.165, 1.54) is 11.1 Å². The second kappa shape index (κ2) is 5.93. The standard InChI is InChI=1S/C17H23N5/c1-11-5-3-4-6-12(11)10-22(2)16-9-15(20-17(19)21-16)13-7-14(18)8-13/h3-6,9,13-14H,7-8,10,18H2,1-2H3,(H2,19,20,21). The van der Waals surface area contributed by atoms with Crippen molar-refractivity contribution in [1.29, 1.82) is 0 Å². The van der Waals surface area contributed by atoms with Gasteiger partial charge in [0.15, 0.2) is 0 Å². The molecule has 0 spiro atoms. The number of benzene rings is 1. The first-order valence-corrected chi connectivity index (χ1v) is 7.68. The van der Waals surface area contributed by atoms with Crippen LogP contribution in [-0.4, -0.2) is 23.1 Å². The Labute approximate surface area is 131 Å². The monoisotopic (exact) mass is 297 g/mol. The van der Waals surface area contributed by atoms with Crippen LogP contribution in [0.5, 0.6) is 0 Å². The molecule has 0 aliphatic heterocycles. The summed E-state index contributed by atoms with van der Waals surface area (Å²) in [6.07, 6.45) is 1.97. The van der Waals surface area contributed by atoms with Gasteiger partial charge in [0.1, 0.15) is 5.82 Å². The highest BCUT2D eigenvalue weighted by atomic mass is 15.2. The van der Waals surface area contributed by atoms with Crippen molar-refractivity contribution in [2.75, 3.05) is 17.7 Å². The summed E-state index contributed by atoms with van der Waals surface area (Å²) in [5.74, 6) is 1.63. The third-order valence-corrected chi connectivity index (χ3v) is 4.40. The van der Waals surface area contributed by atoms with Gasteiger partial charge in [-0.2, -0.15) is 4.98 Å². The molecule has 1 saturated carbocycles. The highest BCUT2D eigenvalue weighted by Crippen LogP contribution is 2.35. The maximum atomic E-state index is 5.89. The van der Waals surface area contributed by atoms with Crippen molar-refractivity contribution < 1.29 is 0 Å². The van der Waals surface area contributed by atoms with Gasteiger partial charge in [-0.25, -0.2) is 4.98 Å². The van der Waals surface area contributed by atoms with Crippen LogP contribution in [0.4, 0.5) is 11.8 Å². The Bertz CT molecular complexity index is 664. The fraction of sp³-hybridized carbons (Fsp3) is 0.412. The molecule has 1 aromatic carbocycles. The van der Waals surface area contributed by atoms with Crippen LogP contribution in [0.15, 0.2) is 30.3 Å². The Balaban J connectivity index is 1.80. The van der Waals surface area contributed by atoms with E-state index < -0.39 is 0 Å². The van der Waals surface area contributed by atoms with Gasteiger partial charge < -0.3 is 16.4 Å². The zero-order chi connectivity index (χ0) is 15.7. The smallest absolute Gasteiger partial charge is 0.222 e. The SMILES string of the molecule is Cc1ccccc1CN(C)c1cc(C2CC(N)C2)nc(N)n1. The molecule has 2 aromatic rings. The lowest BCUT2D eigenvalue weighted by Gasteiger charge is -2.32. The van der Waals surface area contributed by atoms with Crippen molar-refractivity contribution in [3.05, 3.63) is 47.2 Å². The second-order valence-corrected chi connectivity index (χ2v) is 6.22. The van der Waals surface area contributed by atoms with Gasteiger partial charge in [-0.1, -0.05) is 24.3 Å². The van der Waals surface area contributed by atoms with Crippen LogP contribution in [0, 0.1) is 6.92 Å². The lowest BCUT2D eigenvalue weighted by atomic mass is 9.78. The first-order valence-electron chi connectivity index (χ1n) is 7.68. The predicted octanol–water partition coefficient (Wildman–Crippen LogP) is 2.21. The van der Waals surface area contributed by atoms with Gasteiger partial charge in [0, 0.05) is 31.6 Å². The summed E-state index contributed by atoms with van der Waals surface area (Å²) >= 11 is 0. The van der Waals surface area contributed by atoms with E-state index in [-0.39, 0.29) is 0 Å². The fourth-order valence-corrected chi connectivity index (χ4v) is 2.90. The highest BCUT2D eigenvalue weighted by Gasteiger charge is 2.29. The Kier molecular flexibility index (Phi) is 3.98. The summed E-state index contributed by atoms with van der Waals surface area (Å²) in [4.78, 5) is 10.9. The quantitative estimate of drug-likeness (QED) is 0.904. The van der Waals surface area contributed by atoms with E-state index in [2.05, 4.69) is 46.1 Å². The van der Waals surface area contributed by atoms with Crippen LogP contribution < -0.4 is 16.4 Å². The van der Waals surface area contributed by atoms with Crippen LogP contribution in [0.3, 0.4) is 0 Å². The van der Waals surface area contributed by atoms with Gasteiger partial charge in [0.25, 0.3) is 0 Å². The number of aryl methyl sites for hydroxylation is 1. The predicted molar refractivity (Wildman–Crippen MR) is 89.7 cm³/mol. The van der Waals surface area contributed by atoms with Gasteiger partial charge >= 0.3 is 0 Å². The van der Waals surface area contributed by atoms with E-state index in [4.69, 9.17) is 11.5 Å². The summed E-state index contributed by atoms with van der Waals surface area (Å²) in [7, 11) is 2.03. The molecule has 0 saturated heterocycles. The van der Waals surface area contributed by atoms with Crippen LogP contribution in [0.1, 0.15) is 35.6 Å². The number of nitrogens with zero attached hydrogens (tertiary/aromatic N) is 3. The van der Waals surface area contributed by atoms with E-state index in [1.54, 1.807) is 0 Å². The first kappa shape index (κ1) is 14.8. The molecular weight excluding hydrogens is 274 g/mol. The molecule has 0 unspecified atom stereocenters. The zero-order valence-electron chi connectivity index (χ0n) is 13.2. The van der Waals surface area contributed by atoms with E-state index in [0.29, 0.717) is 17.9 Å². The average molecular weight is 297 g/mol. The molecule has 5 nitrogen and oxygen atoms in total. The number of nitrogen functional groups attached to an aromatic ring is 1. The third-order valence-electron chi connectivity index (χ3n) is 4.40. The lowest BCUT2D eigenvalue weighted by Crippen LogP contribution is -2.35. The molecule has 4 N–H and O–H groups in total. The van der Waals surface area contributed by atoms with Crippen molar-refractivity contribution in [3.8, 4) is 0 Å². The molecule has 22 heavy (non-hydrogen) atoms. The largest absolute Gasteiger partial charge is 0.368 e. The van der Waals surface area contributed by atoms with Crippen molar-refractivity contribution >= 4 is 11.8 Å². The van der Waals surface area contributed by atoms with Gasteiger partial charge in [0.05, 0.1) is 5.69 Å². The van der Waals surface area contributed by atoms with Gasteiger partial charge in [-0.15, -0.1) is 0 Å². The van der Waals surface area contributed by atoms with Crippen LogP contribution in [-0.2, 0) is 6.54 Å². The molecule has 1 aliphatic rings. The number of rotatable bonds is 4. The minimum atomic E-state index is 0.300. The highest BCUT2D eigenvalue weighted by molar-refractivity contribution is 5.45. The minimum Gasteiger partial charge on any atom is -0.368 e. The van der Waals surface area contributed by atoms with Crippen LogP contribution in [0.2, 0.25) is 0 Å². The van der Waals surface area contributed by atoms with Crippen LogP contribution in [0.25, 0.3) is 0 Å². The van der Waals surface area contributed by atoms with Crippen molar-refractivity contribution in [2.45, 2.75) is 38.3 Å². The second-order valence-electron chi connectivity index (χ2n) is 6.22. The Morgan fingerprint density at radius 1 is 1.23 bits per heavy atom. The summed E-state index contributed by atoms with van der Waals surface area (Å²) in [5.41, 5.74) is 15.3. The number of nitrogens with two attached hydrogens (primary N) is 2. The number of hydrogen-bond acceptors (Lipinski definition) is 5. The molecule has 1 heterocycles. The normalized spacial score (nSPS) is 20.5. The molecule has 0 radical (unpaired) electrons. The Morgan fingerprint density at radius 3 is 2.64 bits per heavy atom. The summed E-state index contributed by atoms with van der Waals surface area (Å²) in [6, 6.07) is 10.7. The minimum absolute atomic E-state index is 0.300. The van der Waals surface area contributed by atoms with E-state index in [1.807, 2.05) is 13.1 Å². The molecule has 3 rings (SSSR count). The molecular formula is C17H23N5. The first-order chi connectivity index (χ1) is 10.5. The molecule has 5 heteroatoms. The summed E-state index contributed by atoms with van der Waals surface area (Å²) in [5, 5.41) is 0. The summed E-state index contributed by atoms with van der Waals surface area (Å²) < 4.78 is 0. The fourth-order valence-electron chi connectivity index (χ4n) is 2.90. The average Bonchev–Trinajstić information content (AvgIpc) is 2.45. The number of hydrogen-bond donors (Lipinski definition) is 2. The zero-order valence-corrected chi connectivity index (χ0v) is 13.2. The van der Waals surface area contributed by atoms with Crippen LogP contribution >= 0.6 is 0 Å². The van der Waals surface area contributed by atoms with Gasteiger partial charge in [-0.3, -0.25) is 0 Å². The summed E-state index contributed by atoms with van der Waals surface area (Å²) in [6.45, 7) is 2.92. The topological polar surface area (TPSA) is 81.1 Å². The van der Waals surface area contributed by atoms with Gasteiger partial charge in [0.2, 0.25) is 5.95 Å². The molecule has 1 fully saturated rings. The van der Waals surface area contributed by atoms with E-state index >= 15 is 0 Å². The third kappa shape index (κ3) is 3.04. The lowest BCUT2D eigenvalue weighted by molar-refractivity contribution is 0.345. The Morgan fingerprint density at radius 2 is 1.95 bits per heavy atom. The molecule has 0 amide bonds. The molecule has 1 aliphatic carbocycles. The number of aromatic nitrogens is 2. The van der Waals surface area contributed by atoms with E-state index in [0.717, 1.165) is 30.9 Å². The molecule has 0 atom stereocenters. The molecule has 1 aromatic heterocycles. The Hall–Kier alpha value is -2.14. The maximum absolute atomic E-state index is 5.89.